The maximum atomic E-state index is 12.2. The van der Waals surface area contributed by atoms with Crippen molar-refractivity contribution in [2.24, 2.45) is 5.16 Å². The average molecular weight is 485 g/mol. The number of amides is 1. The fraction of sp³-hybridized carbons (Fsp3) is 0.611. The number of alkyl halides is 6. The number of oxime groups is 1. The van der Waals surface area contributed by atoms with Gasteiger partial charge in [0.15, 0.2) is 5.60 Å². The summed E-state index contributed by atoms with van der Waals surface area (Å²) >= 11 is 0. The van der Waals surface area contributed by atoms with E-state index < -0.39 is 36.4 Å². The van der Waals surface area contributed by atoms with Crippen molar-refractivity contribution in [3.8, 4) is 0 Å². The standard InChI is InChI=1S/C16H20F3N5O2.C2HF3O2/c1-10-6-11(2)22-14(21-10)24-5-3-4-15(9-24)7-12(23-26-15)13(25)20-8-16(17,18)19;3-2(4,5)1(6)7/h6H,3-5,7-9H2,1-2H3,(H,20,25);(H,6,7). The molecule has 9 nitrogen and oxygen atoms in total. The fourth-order valence-corrected chi connectivity index (χ4v) is 3.26. The van der Waals surface area contributed by atoms with Gasteiger partial charge in [-0.15, -0.1) is 0 Å². The number of halogens is 6. The molecule has 2 aliphatic rings. The van der Waals surface area contributed by atoms with Crippen LogP contribution in [0.25, 0.3) is 0 Å². The second kappa shape index (κ2) is 9.79. The summed E-state index contributed by atoms with van der Waals surface area (Å²) < 4.78 is 68.5. The Morgan fingerprint density at radius 1 is 1.18 bits per heavy atom. The highest BCUT2D eigenvalue weighted by Gasteiger charge is 2.45. The zero-order chi connectivity index (χ0) is 25.0. The Labute approximate surface area is 183 Å². The number of carbonyl (C=O) groups excluding carboxylic acids is 1. The van der Waals surface area contributed by atoms with E-state index in [1.807, 2.05) is 30.1 Å². The van der Waals surface area contributed by atoms with Crippen LogP contribution in [0.15, 0.2) is 11.2 Å². The van der Waals surface area contributed by atoms with Crippen LogP contribution < -0.4 is 10.2 Å². The average Bonchev–Trinajstić information content (AvgIpc) is 3.08. The van der Waals surface area contributed by atoms with Crippen molar-refractivity contribution in [3.63, 3.8) is 0 Å². The lowest BCUT2D eigenvalue weighted by molar-refractivity contribution is -0.192. The number of anilines is 1. The Kier molecular flexibility index (Phi) is 7.75. The molecule has 1 fully saturated rings. The molecule has 1 atom stereocenters. The fourth-order valence-electron chi connectivity index (χ4n) is 3.26. The molecule has 2 aliphatic heterocycles. The van der Waals surface area contributed by atoms with Crippen LogP contribution in [0.2, 0.25) is 0 Å². The second-order valence-electron chi connectivity index (χ2n) is 7.57. The molecular formula is C18H21F6N5O4. The molecule has 1 aromatic heterocycles. The monoisotopic (exact) mass is 485 g/mol. The number of hydrogen-bond donors (Lipinski definition) is 2. The molecule has 1 unspecified atom stereocenters. The molecule has 184 valence electrons. The van der Waals surface area contributed by atoms with Crippen molar-refractivity contribution in [1.82, 2.24) is 15.3 Å². The van der Waals surface area contributed by atoms with Gasteiger partial charge in [0.2, 0.25) is 5.95 Å². The van der Waals surface area contributed by atoms with Crippen molar-refractivity contribution in [1.29, 1.82) is 0 Å². The number of carboxylic acid groups (broad SMARTS) is 1. The number of aromatic nitrogens is 2. The van der Waals surface area contributed by atoms with Gasteiger partial charge in [0.05, 0.1) is 6.54 Å². The number of hydrogen-bond acceptors (Lipinski definition) is 7. The first-order valence-corrected chi connectivity index (χ1v) is 9.58. The van der Waals surface area contributed by atoms with Crippen LogP contribution in [0.4, 0.5) is 32.3 Å². The minimum absolute atomic E-state index is 0.0163. The summed E-state index contributed by atoms with van der Waals surface area (Å²) in [6.45, 7) is 3.55. The third-order valence-corrected chi connectivity index (χ3v) is 4.59. The van der Waals surface area contributed by atoms with Crippen molar-refractivity contribution in [2.75, 3.05) is 24.5 Å². The smallest absolute Gasteiger partial charge is 0.475 e. The number of carboxylic acids is 1. The minimum Gasteiger partial charge on any atom is -0.475 e. The largest absolute Gasteiger partial charge is 0.490 e. The van der Waals surface area contributed by atoms with Crippen LogP contribution in [0.3, 0.4) is 0 Å². The van der Waals surface area contributed by atoms with Gasteiger partial charge in [0.1, 0.15) is 12.3 Å². The molecule has 3 heterocycles. The summed E-state index contributed by atoms with van der Waals surface area (Å²) in [5.41, 5.74) is 0.952. The van der Waals surface area contributed by atoms with Gasteiger partial charge in [-0.3, -0.25) is 4.79 Å². The van der Waals surface area contributed by atoms with Crippen LogP contribution in [-0.2, 0) is 14.4 Å². The highest BCUT2D eigenvalue weighted by molar-refractivity contribution is 6.39. The molecule has 1 spiro atoms. The molecule has 1 amide bonds. The molecule has 15 heteroatoms. The van der Waals surface area contributed by atoms with E-state index in [0.717, 1.165) is 24.4 Å². The topological polar surface area (TPSA) is 117 Å². The quantitative estimate of drug-likeness (QED) is 0.632. The Morgan fingerprint density at radius 3 is 2.27 bits per heavy atom. The van der Waals surface area contributed by atoms with Crippen molar-refractivity contribution in [3.05, 3.63) is 17.5 Å². The predicted molar refractivity (Wildman–Crippen MR) is 102 cm³/mol. The molecule has 0 aliphatic carbocycles. The number of nitrogens with one attached hydrogen (secondary N) is 1. The molecule has 1 aromatic rings. The lowest BCUT2D eigenvalue weighted by Crippen LogP contribution is -2.50. The van der Waals surface area contributed by atoms with E-state index in [0.29, 0.717) is 18.9 Å². The Hall–Kier alpha value is -3.13. The number of carbonyl (C=O) groups is 2. The van der Waals surface area contributed by atoms with E-state index in [1.165, 1.54) is 0 Å². The number of rotatable bonds is 3. The molecule has 1 saturated heterocycles. The summed E-state index contributed by atoms with van der Waals surface area (Å²) in [5, 5.41) is 12.7. The van der Waals surface area contributed by atoms with Crippen LogP contribution in [-0.4, -0.2) is 70.3 Å². The first kappa shape index (κ1) is 26.1. The Balaban J connectivity index is 0.000000479. The summed E-state index contributed by atoms with van der Waals surface area (Å²) in [4.78, 5) is 37.2. The highest BCUT2D eigenvalue weighted by Crippen LogP contribution is 2.34. The highest BCUT2D eigenvalue weighted by atomic mass is 19.4. The van der Waals surface area contributed by atoms with E-state index >= 15 is 0 Å². The molecule has 0 saturated carbocycles. The van der Waals surface area contributed by atoms with E-state index in [4.69, 9.17) is 14.7 Å². The number of nitrogens with zero attached hydrogens (tertiary/aromatic N) is 4. The predicted octanol–water partition coefficient (Wildman–Crippen LogP) is 2.52. The van der Waals surface area contributed by atoms with Gasteiger partial charge < -0.3 is 20.2 Å². The molecular weight excluding hydrogens is 464 g/mol. The van der Waals surface area contributed by atoms with Crippen molar-refractivity contribution >= 4 is 23.5 Å². The maximum Gasteiger partial charge on any atom is 0.490 e. The first-order valence-electron chi connectivity index (χ1n) is 9.58. The van der Waals surface area contributed by atoms with E-state index in [2.05, 4.69) is 15.1 Å². The lowest BCUT2D eigenvalue weighted by atomic mass is 9.88. The minimum atomic E-state index is -5.08. The van der Waals surface area contributed by atoms with E-state index in [9.17, 15) is 31.1 Å². The zero-order valence-corrected chi connectivity index (χ0v) is 17.5. The Morgan fingerprint density at radius 2 is 1.76 bits per heavy atom. The third-order valence-electron chi connectivity index (χ3n) is 4.59. The normalized spacial score (nSPS) is 20.5. The van der Waals surface area contributed by atoms with E-state index in [1.54, 1.807) is 0 Å². The SMILES string of the molecule is Cc1cc(C)nc(N2CCCC3(CC(C(=O)NCC(F)(F)F)=NO3)C2)n1.O=C(O)C(F)(F)F. The van der Waals surface area contributed by atoms with Crippen molar-refractivity contribution in [2.45, 2.75) is 51.1 Å². The summed E-state index contributed by atoms with van der Waals surface area (Å²) in [6, 6.07) is 1.88. The molecule has 3 rings (SSSR count). The molecule has 0 bridgehead atoms. The Bertz CT molecular complexity index is 900. The van der Waals surface area contributed by atoms with E-state index in [-0.39, 0.29) is 12.1 Å². The van der Waals surface area contributed by atoms with Crippen molar-refractivity contribution < 1.29 is 45.9 Å². The first-order chi connectivity index (χ1) is 15.1. The maximum absolute atomic E-state index is 12.2. The number of piperidine rings is 1. The zero-order valence-electron chi connectivity index (χ0n) is 17.5. The van der Waals surface area contributed by atoms with Gasteiger partial charge in [0.25, 0.3) is 5.91 Å². The second-order valence-corrected chi connectivity index (χ2v) is 7.57. The summed E-state index contributed by atoms with van der Waals surface area (Å²) in [6.07, 6.45) is -7.94. The summed E-state index contributed by atoms with van der Waals surface area (Å²) in [7, 11) is 0. The molecule has 0 aromatic carbocycles. The van der Waals surface area contributed by atoms with Crippen LogP contribution >= 0.6 is 0 Å². The van der Waals surface area contributed by atoms with Gasteiger partial charge in [0, 0.05) is 24.4 Å². The van der Waals surface area contributed by atoms with Gasteiger partial charge in [-0.05, 0) is 32.8 Å². The van der Waals surface area contributed by atoms with Gasteiger partial charge in [-0.25, -0.2) is 14.8 Å². The third kappa shape index (κ3) is 7.75. The van der Waals surface area contributed by atoms with Gasteiger partial charge in [-0.2, -0.15) is 26.3 Å². The lowest BCUT2D eigenvalue weighted by Gasteiger charge is -2.38. The van der Waals surface area contributed by atoms with Crippen LogP contribution in [0, 0.1) is 13.8 Å². The van der Waals surface area contributed by atoms with Crippen LogP contribution in [0.5, 0.6) is 0 Å². The molecule has 2 N–H and O–H groups in total. The number of aryl methyl sites for hydroxylation is 2. The van der Waals surface area contributed by atoms with Gasteiger partial charge in [-0.1, -0.05) is 5.16 Å². The molecule has 33 heavy (non-hydrogen) atoms. The van der Waals surface area contributed by atoms with Crippen LogP contribution in [0.1, 0.15) is 30.7 Å². The van der Waals surface area contributed by atoms with Gasteiger partial charge >= 0.3 is 18.3 Å². The number of aliphatic carboxylic acids is 1. The summed E-state index contributed by atoms with van der Waals surface area (Å²) in [5.74, 6) is -3.02. The molecule has 0 radical (unpaired) electrons.